The minimum atomic E-state index is -3.61. The maximum absolute atomic E-state index is 14.3. The van der Waals surface area contributed by atoms with Crippen LogP contribution >= 0.6 is 0 Å². The first-order chi connectivity index (χ1) is 16.0. The quantitative estimate of drug-likeness (QED) is 0.443. The van der Waals surface area contributed by atoms with Crippen LogP contribution in [0.3, 0.4) is 0 Å². The topological polar surface area (TPSA) is 75.3 Å². The van der Waals surface area contributed by atoms with Gasteiger partial charge in [0.2, 0.25) is 15.9 Å². The van der Waals surface area contributed by atoms with E-state index in [2.05, 4.69) is 10.0 Å². The Bertz CT molecular complexity index is 1200. The Morgan fingerprint density at radius 1 is 0.912 bits per heavy atom. The predicted molar refractivity (Wildman–Crippen MR) is 130 cm³/mol. The molecule has 8 heteroatoms. The Morgan fingerprint density at radius 3 is 2.03 bits per heavy atom. The van der Waals surface area contributed by atoms with Crippen molar-refractivity contribution in [1.82, 2.24) is 5.32 Å². The largest absolute Gasteiger partial charge is 0.356 e. The van der Waals surface area contributed by atoms with Gasteiger partial charge in [0.05, 0.1) is 17.9 Å². The molecule has 1 amide bonds. The fraction of sp³-hybridized carbons (Fsp3) is 0.269. The molecule has 0 bridgehead atoms. The smallest absolute Gasteiger partial charge is 0.229 e. The third-order valence-corrected chi connectivity index (χ3v) is 6.26. The van der Waals surface area contributed by atoms with Gasteiger partial charge in [0.25, 0.3) is 0 Å². The number of nitrogens with one attached hydrogen (secondary N) is 2. The van der Waals surface area contributed by atoms with Crippen LogP contribution in [-0.4, -0.2) is 27.1 Å². The zero-order valence-electron chi connectivity index (χ0n) is 19.3. The first-order valence-corrected chi connectivity index (χ1v) is 12.8. The van der Waals surface area contributed by atoms with Gasteiger partial charge in [-0.25, -0.2) is 17.2 Å². The predicted octanol–water partition coefficient (Wildman–Crippen LogP) is 5.09. The van der Waals surface area contributed by atoms with Gasteiger partial charge in [0.1, 0.15) is 11.6 Å². The number of hydrogen-bond acceptors (Lipinski definition) is 3. The number of halogens is 2. The maximum atomic E-state index is 14.3. The third-order valence-electron chi connectivity index (χ3n) is 5.67. The maximum Gasteiger partial charge on any atom is 0.229 e. The second-order valence-corrected chi connectivity index (χ2v) is 10.2. The fourth-order valence-electron chi connectivity index (χ4n) is 3.75. The number of amides is 1. The highest BCUT2D eigenvalue weighted by Gasteiger charge is 2.19. The summed E-state index contributed by atoms with van der Waals surface area (Å²) in [6.07, 6.45) is 1.53. The Hall–Kier alpha value is -3.26. The van der Waals surface area contributed by atoms with Crippen LogP contribution in [0.1, 0.15) is 47.4 Å². The minimum Gasteiger partial charge on any atom is -0.356 e. The van der Waals surface area contributed by atoms with Gasteiger partial charge >= 0.3 is 0 Å². The van der Waals surface area contributed by atoms with Crippen LogP contribution in [0.4, 0.5) is 14.5 Å². The lowest BCUT2D eigenvalue weighted by molar-refractivity contribution is -0.122. The number of carbonyl (C=O) groups excluding carboxylic acids is 1. The Morgan fingerprint density at radius 2 is 1.47 bits per heavy atom. The summed E-state index contributed by atoms with van der Waals surface area (Å²) in [5.74, 6) is -2.00. The molecule has 2 N–H and O–H groups in total. The van der Waals surface area contributed by atoms with Crippen LogP contribution in [0.25, 0.3) is 0 Å². The molecule has 0 aliphatic heterocycles. The first-order valence-electron chi connectivity index (χ1n) is 10.9. The van der Waals surface area contributed by atoms with E-state index in [4.69, 9.17) is 0 Å². The minimum absolute atomic E-state index is 0.0319. The number of sulfonamides is 1. The molecule has 0 saturated carbocycles. The van der Waals surface area contributed by atoms with Gasteiger partial charge in [0, 0.05) is 12.5 Å². The highest BCUT2D eigenvalue weighted by Crippen LogP contribution is 2.28. The van der Waals surface area contributed by atoms with Crippen LogP contribution in [0.15, 0.2) is 66.7 Å². The molecular formula is C26H28F2N2O3S. The zero-order valence-corrected chi connectivity index (χ0v) is 20.1. The van der Waals surface area contributed by atoms with Gasteiger partial charge in [-0.3, -0.25) is 9.52 Å². The lowest BCUT2D eigenvalue weighted by Crippen LogP contribution is -2.30. The molecule has 34 heavy (non-hydrogen) atoms. The van der Waals surface area contributed by atoms with Crippen molar-refractivity contribution in [2.45, 2.75) is 32.1 Å². The van der Waals surface area contributed by atoms with E-state index < -0.39 is 21.8 Å². The summed E-state index contributed by atoms with van der Waals surface area (Å²) in [6.45, 7) is 4.03. The number of hydrogen-bond donors (Lipinski definition) is 2. The molecule has 0 aliphatic carbocycles. The van der Waals surface area contributed by atoms with E-state index >= 15 is 0 Å². The van der Waals surface area contributed by atoms with Gasteiger partial charge in [-0.15, -0.1) is 0 Å². The fourth-order valence-corrected chi connectivity index (χ4v) is 4.31. The van der Waals surface area contributed by atoms with Crippen molar-refractivity contribution < 1.29 is 22.0 Å². The lowest BCUT2D eigenvalue weighted by atomic mass is 9.88. The number of aryl methyl sites for hydroxylation is 1. The van der Waals surface area contributed by atoms with Crippen molar-refractivity contribution in [3.05, 3.63) is 101 Å². The highest BCUT2D eigenvalue weighted by molar-refractivity contribution is 7.92. The number of benzene rings is 3. The summed E-state index contributed by atoms with van der Waals surface area (Å²) in [7, 11) is -3.61. The summed E-state index contributed by atoms with van der Waals surface area (Å²) in [5.41, 5.74) is 3.41. The molecule has 0 aliphatic rings. The molecule has 3 aromatic rings. The summed E-state index contributed by atoms with van der Waals surface area (Å²) in [5, 5.41) is 2.90. The second-order valence-electron chi connectivity index (χ2n) is 8.43. The molecule has 0 fully saturated rings. The molecule has 2 atom stereocenters. The van der Waals surface area contributed by atoms with Gasteiger partial charge in [-0.1, -0.05) is 48.0 Å². The SMILES string of the molecule is Cc1ccc(C(CCNC(=O)C(C)c2ccc(NS(C)(=O)=O)c(F)c2)c2ccc(F)cc2)cc1. The molecule has 0 spiro atoms. The van der Waals surface area contributed by atoms with Crippen molar-refractivity contribution in [3.8, 4) is 0 Å². The monoisotopic (exact) mass is 486 g/mol. The summed E-state index contributed by atoms with van der Waals surface area (Å²) in [6, 6.07) is 18.4. The summed E-state index contributed by atoms with van der Waals surface area (Å²) >= 11 is 0. The third kappa shape index (κ3) is 6.87. The van der Waals surface area contributed by atoms with E-state index in [0.29, 0.717) is 18.5 Å². The van der Waals surface area contributed by atoms with Gasteiger partial charge < -0.3 is 5.32 Å². The normalized spacial score (nSPS) is 13.2. The highest BCUT2D eigenvalue weighted by atomic mass is 32.2. The van der Waals surface area contributed by atoms with Crippen molar-refractivity contribution in [2.75, 3.05) is 17.5 Å². The molecule has 0 saturated heterocycles. The summed E-state index contributed by atoms with van der Waals surface area (Å²) in [4.78, 5) is 12.7. The molecule has 3 aromatic carbocycles. The molecule has 3 rings (SSSR count). The Balaban J connectivity index is 1.67. The van der Waals surface area contributed by atoms with E-state index in [9.17, 15) is 22.0 Å². The summed E-state index contributed by atoms with van der Waals surface area (Å²) < 4.78 is 52.5. The lowest BCUT2D eigenvalue weighted by Gasteiger charge is -2.20. The van der Waals surface area contributed by atoms with E-state index in [1.807, 2.05) is 31.2 Å². The second kappa shape index (κ2) is 10.8. The average Bonchev–Trinajstić information content (AvgIpc) is 2.78. The standard InChI is InChI=1S/C26H28F2N2O3S/c1-17-4-6-19(7-5-17)23(20-8-11-22(27)12-9-20)14-15-29-26(31)18(2)21-10-13-25(24(28)16-21)30-34(3,32)33/h4-13,16,18,23,30H,14-15H2,1-3H3,(H,29,31). The molecule has 2 unspecified atom stereocenters. The number of carbonyl (C=O) groups is 1. The van der Waals surface area contributed by atoms with Gasteiger partial charge in [0.15, 0.2) is 0 Å². The number of rotatable bonds is 9. The van der Waals surface area contributed by atoms with E-state index in [-0.39, 0.29) is 23.3 Å². The van der Waals surface area contributed by atoms with Crippen LogP contribution in [0.5, 0.6) is 0 Å². The number of anilines is 1. The molecule has 0 aromatic heterocycles. The van der Waals surface area contributed by atoms with Gasteiger partial charge in [-0.05, 0) is 61.2 Å². The Kier molecular flexibility index (Phi) is 8.04. The zero-order chi connectivity index (χ0) is 24.9. The van der Waals surface area contributed by atoms with E-state index in [1.165, 1.54) is 24.3 Å². The van der Waals surface area contributed by atoms with Crippen molar-refractivity contribution in [3.63, 3.8) is 0 Å². The van der Waals surface area contributed by atoms with Gasteiger partial charge in [-0.2, -0.15) is 0 Å². The van der Waals surface area contributed by atoms with Crippen LogP contribution < -0.4 is 10.0 Å². The van der Waals surface area contributed by atoms with Crippen molar-refractivity contribution in [2.24, 2.45) is 0 Å². The van der Waals surface area contributed by atoms with Crippen LogP contribution in [0, 0.1) is 18.6 Å². The molecule has 180 valence electrons. The first kappa shape index (κ1) is 25.4. The van der Waals surface area contributed by atoms with E-state index in [0.717, 1.165) is 29.0 Å². The van der Waals surface area contributed by atoms with Crippen molar-refractivity contribution in [1.29, 1.82) is 0 Å². The van der Waals surface area contributed by atoms with Crippen molar-refractivity contribution >= 4 is 21.6 Å². The van der Waals surface area contributed by atoms with Crippen LogP contribution in [0.2, 0.25) is 0 Å². The van der Waals surface area contributed by atoms with Crippen LogP contribution in [-0.2, 0) is 14.8 Å². The van der Waals surface area contributed by atoms with E-state index in [1.54, 1.807) is 19.1 Å². The molecule has 5 nitrogen and oxygen atoms in total. The Labute approximate surface area is 199 Å². The average molecular weight is 487 g/mol. The molecular weight excluding hydrogens is 458 g/mol. The molecule has 0 heterocycles. The molecule has 0 radical (unpaired) electrons.